The molecule has 5 nitrogen and oxygen atoms in total. The minimum absolute atomic E-state index is 0.146. The highest BCUT2D eigenvalue weighted by atomic mass is 79.9. The molecule has 7 heteroatoms. The SMILES string of the molecule is COc1ccc(N2CC(CN3CCC(Cc4cc(OC)ccc4Br)CC3)SC2=O)cc1. The first kappa shape index (κ1) is 22.5. The molecule has 2 fully saturated rings. The summed E-state index contributed by atoms with van der Waals surface area (Å²) in [7, 11) is 3.37. The van der Waals surface area contributed by atoms with Crippen molar-refractivity contribution in [3.05, 3.63) is 52.5 Å². The monoisotopic (exact) mass is 504 g/mol. The highest BCUT2D eigenvalue weighted by molar-refractivity contribution is 9.10. The highest BCUT2D eigenvalue weighted by Gasteiger charge is 2.33. The van der Waals surface area contributed by atoms with Crippen molar-refractivity contribution < 1.29 is 14.3 Å². The van der Waals surface area contributed by atoms with Gasteiger partial charge in [-0.3, -0.25) is 4.79 Å². The molecule has 2 aliphatic rings. The number of ether oxygens (including phenoxy) is 2. The first-order valence-corrected chi connectivity index (χ1v) is 12.4. The molecule has 2 heterocycles. The van der Waals surface area contributed by atoms with Crippen molar-refractivity contribution >= 4 is 38.6 Å². The maximum atomic E-state index is 12.5. The number of rotatable bonds is 7. The van der Waals surface area contributed by atoms with Gasteiger partial charge in [-0.05, 0) is 86.3 Å². The largest absolute Gasteiger partial charge is 0.497 e. The van der Waals surface area contributed by atoms with Gasteiger partial charge in [-0.15, -0.1) is 0 Å². The van der Waals surface area contributed by atoms with Crippen LogP contribution in [0.15, 0.2) is 46.9 Å². The number of benzene rings is 2. The molecule has 2 aromatic carbocycles. The summed E-state index contributed by atoms with van der Waals surface area (Å²) in [6.07, 6.45) is 3.46. The van der Waals surface area contributed by atoms with Crippen LogP contribution in [0.2, 0.25) is 0 Å². The van der Waals surface area contributed by atoms with Gasteiger partial charge in [-0.2, -0.15) is 0 Å². The average molecular weight is 505 g/mol. The second kappa shape index (κ2) is 10.3. The fourth-order valence-corrected chi connectivity index (χ4v) is 5.91. The van der Waals surface area contributed by atoms with Crippen LogP contribution in [0.1, 0.15) is 18.4 Å². The summed E-state index contributed by atoms with van der Waals surface area (Å²) in [5.74, 6) is 2.41. The van der Waals surface area contributed by atoms with Crippen LogP contribution in [-0.2, 0) is 6.42 Å². The van der Waals surface area contributed by atoms with E-state index in [0.717, 1.165) is 54.3 Å². The number of anilines is 1. The number of hydrogen-bond acceptors (Lipinski definition) is 5. The van der Waals surface area contributed by atoms with Crippen molar-refractivity contribution in [3.8, 4) is 11.5 Å². The van der Waals surface area contributed by atoms with E-state index >= 15 is 0 Å². The molecule has 0 N–H and O–H groups in total. The van der Waals surface area contributed by atoms with E-state index in [1.807, 2.05) is 35.2 Å². The zero-order valence-corrected chi connectivity index (χ0v) is 20.5. The summed E-state index contributed by atoms with van der Waals surface area (Å²) in [6.45, 7) is 3.94. The van der Waals surface area contributed by atoms with Gasteiger partial charge in [0.05, 0.1) is 14.2 Å². The number of carbonyl (C=O) groups excluding carboxylic acids is 1. The van der Waals surface area contributed by atoms with Gasteiger partial charge in [-0.1, -0.05) is 27.7 Å². The molecule has 4 rings (SSSR count). The van der Waals surface area contributed by atoms with Gasteiger partial charge >= 0.3 is 0 Å². The first-order chi connectivity index (χ1) is 15.1. The first-order valence-electron chi connectivity index (χ1n) is 10.7. The van der Waals surface area contributed by atoms with E-state index in [1.165, 1.54) is 30.2 Å². The lowest BCUT2D eigenvalue weighted by atomic mass is 9.90. The molecule has 0 bridgehead atoms. The molecule has 2 saturated heterocycles. The minimum Gasteiger partial charge on any atom is -0.497 e. The number of methoxy groups -OCH3 is 2. The molecule has 2 aliphatic heterocycles. The van der Waals surface area contributed by atoms with E-state index in [1.54, 1.807) is 14.2 Å². The van der Waals surface area contributed by atoms with Crippen LogP contribution in [0.5, 0.6) is 11.5 Å². The lowest BCUT2D eigenvalue weighted by Gasteiger charge is -2.33. The number of piperidine rings is 1. The smallest absolute Gasteiger partial charge is 0.286 e. The Balaban J connectivity index is 1.27. The van der Waals surface area contributed by atoms with Crippen molar-refractivity contribution in [1.82, 2.24) is 4.90 Å². The fraction of sp³-hybridized carbons (Fsp3) is 0.458. The summed E-state index contributed by atoms with van der Waals surface area (Å²) >= 11 is 5.16. The van der Waals surface area contributed by atoms with Crippen LogP contribution in [0.25, 0.3) is 0 Å². The Hall–Kier alpha value is -1.70. The van der Waals surface area contributed by atoms with Crippen LogP contribution in [0.4, 0.5) is 10.5 Å². The standard InChI is InChI=1S/C24H29BrN2O3S/c1-29-20-5-3-19(4-6-20)27-16-22(31-24(27)28)15-26-11-9-17(10-12-26)13-18-14-21(30-2)7-8-23(18)25/h3-8,14,17,22H,9-13,15-16H2,1-2H3. The highest BCUT2D eigenvalue weighted by Crippen LogP contribution is 2.33. The molecule has 0 aliphatic carbocycles. The van der Waals surface area contributed by atoms with Crippen molar-refractivity contribution in [1.29, 1.82) is 0 Å². The van der Waals surface area contributed by atoms with Gasteiger partial charge in [0.1, 0.15) is 11.5 Å². The van der Waals surface area contributed by atoms with Crippen LogP contribution < -0.4 is 14.4 Å². The molecule has 31 heavy (non-hydrogen) atoms. The average Bonchev–Trinajstić information content (AvgIpc) is 3.16. The molecule has 0 spiro atoms. The topological polar surface area (TPSA) is 42.0 Å². The summed E-state index contributed by atoms with van der Waals surface area (Å²) in [5, 5.41) is 0.464. The third kappa shape index (κ3) is 5.57. The lowest BCUT2D eigenvalue weighted by molar-refractivity contribution is 0.185. The number of likely N-dealkylation sites (tertiary alicyclic amines) is 1. The van der Waals surface area contributed by atoms with Gasteiger partial charge < -0.3 is 19.3 Å². The van der Waals surface area contributed by atoms with Crippen LogP contribution in [0.3, 0.4) is 0 Å². The van der Waals surface area contributed by atoms with Gasteiger partial charge in [0.15, 0.2) is 0 Å². The van der Waals surface area contributed by atoms with Gasteiger partial charge in [0.25, 0.3) is 5.24 Å². The molecule has 0 radical (unpaired) electrons. The summed E-state index contributed by atoms with van der Waals surface area (Å²) in [6, 6.07) is 13.9. The maximum Gasteiger partial charge on any atom is 0.286 e. The normalized spacial score (nSPS) is 20.3. The lowest BCUT2D eigenvalue weighted by Crippen LogP contribution is -2.39. The Kier molecular flexibility index (Phi) is 7.46. The van der Waals surface area contributed by atoms with Gasteiger partial charge in [0.2, 0.25) is 0 Å². The summed E-state index contributed by atoms with van der Waals surface area (Å²) in [4.78, 5) is 17.0. The van der Waals surface area contributed by atoms with E-state index in [2.05, 4.69) is 33.0 Å². The van der Waals surface area contributed by atoms with Crippen molar-refractivity contribution in [3.63, 3.8) is 0 Å². The molecular weight excluding hydrogens is 476 g/mol. The summed E-state index contributed by atoms with van der Waals surface area (Å²) in [5.41, 5.74) is 2.27. The predicted octanol–water partition coefficient (Wildman–Crippen LogP) is 5.46. The molecule has 0 aromatic heterocycles. The van der Waals surface area contributed by atoms with E-state index in [4.69, 9.17) is 9.47 Å². The van der Waals surface area contributed by atoms with Gasteiger partial charge in [-0.25, -0.2) is 0 Å². The summed E-state index contributed by atoms with van der Waals surface area (Å²) < 4.78 is 11.8. The van der Waals surface area contributed by atoms with Crippen LogP contribution in [-0.4, -0.2) is 55.8 Å². The quantitative estimate of drug-likeness (QED) is 0.500. The predicted molar refractivity (Wildman–Crippen MR) is 131 cm³/mol. The Morgan fingerprint density at radius 1 is 1.03 bits per heavy atom. The molecule has 1 unspecified atom stereocenters. The number of amides is 1. The number of carbonyl (C=O) groups is 1. The second-order valence-electron chi connectivity index (χ2n) is 8.22. The fourth-order valence-electron chi connectivity index (χ4n) is 4.40. The number of nitrogens with zero attached hydrogens (tertiary/aromatic N) is 2. The van der Waals surface area contributed by atoms with E-state index in [9.17, 15) is 4.79 Å². The molecule has 0 saturated carbocycles. The number of hydrogen-bond donors (Lipinski definition) is 0. The van der Waals surface area contributed by atoms with E-state index in [0.29, 0.717) is 11.2 Å². The van der Waals surface area contributed by atoms with Gasteiger partial charge in [0, 0.05) is 28.5 Å². The van der Waals surface area contributed by atoms with Crippen LogP contribution in [0, 0.1) is 5.92 Å². The van der Waals surface area contributed by atoms with Crippen molar-refractivity contribution in [2.45, 2.75) is 24.5 Å². The van der Waals surface area contributed by atoms with Crippen molar-refractivity contribution in [2.75, 3.05) is 45.3 Å². The number of thioether (sulfide) groups is 1. The zero-order chi connectivity index (χ0) is 21.8. The maximum absolute atomic E-state index is 12.5. The van der Waals surface area contributed by atoms with E-state index in [-0.39, 0.29) is 5.24 Å². The minimum atomic E-state index is 0.146. The molecule has 166 valence electrons. The second-order valence-corrected chi connectivity index (χ2v) is 10.3. The molecule has 1 atom stereocenters. The van der Waals surface area contributed by atoms with Crippen molar-refractivity contribution in [2.24, 2.45) is 5.92 Å². The molecule has 2 aromatic rings. The zero-order valence-electron chi connectivity index (χ0n) is 18.1. The molecular formula is C24H29BrN2O3S. The van der Waals surface area contributed by atoms with E-state index < -0.39 is 0 Å². The Morgan fingerprint density at radius 2 is 1.71 bits per heavy atom. The van der Waals surface area contributed by atoms with Crippen LogP contribution >= 0.6 is 27.7 Å². The Morgan fingerprint density at radius 3 is 2.39 bits per heavy atom. The Bertz CT molecular complexity index is 900. The molecule has 1 amide bonds. The number of halogens is 1. The Labute approximate surface area is 197 Å². The third-order valence-corrected chi connectivity index (χ3v) is 8.02. The third-order valence-electron chi connectivity index (χ3n) is 6.19.